The van der Waals surface area contributed by atoms with Gasteiger partial charge in [0.2, 0.25) is 0 Å². The van der Waals surface area contributed by atoms with Crippen LogP contribution in [0.1, 0.15) is 22.7 Å². The molecule has 12 heavy (non-hydrogen) atoms. The standard InChI is InChI=1S/C8H12BrNOS/c1-2-7-5(9)3-8(12-7)6(10)4-11/h3,6,11H,2,4,10H2,1H3/t6-/m0/s1. The van der Waals surface area contributed by atoms with Crippen molar-refractivity contribution in [1.29, 1.82) is 0 Å². The molecule has 0 radical (unpaired) electrons. The van der Waals surface area contributed by atoms with Gasteiger partial charge >= 0.3 is 0 Å². The number of rotatable bonds is 3. The second kappa shape index (κ2) is 4.37. The van der Waals surface area contributed by atoms with Crippen LogP contribution >= 0.6 is 27.3 Å². The Morgan fingerprint density at radius 2 is 2.42 bits per heavy atom. The molecule has 0 aliphatic heterocycles. The van der Waals surface area contributed by atoms with Gasteiger partial charge in [-0.15, -0.1) is 11.3 Å². The van der Waals surface area contributed by atoms with Gasteiger partial charge in [0.25, 0.3) is 0 Å². The molecular weight excluding hydrogens is 238 g/mol. The van der Waals surface area contributed by atoms with Crippen molar-refractivity contribution < 1.29 is 5.11 Å². The van der Waals surface area contributed by atoms with Crippen molar-refractivity contribution >= 4 is 27.3 Å². The highest BCUT2D eigenvalue weighted by molar-refractivity contribution is 9.10. The average Bonchev–Trinajstić information content (AvgIpc) is 2.45. The van der Waals surface area contributed by atoms with E-state index in [9.17, 15) is 0 Å². The smallest absolute Gasteiger partial charge is 0.0632 e. The summed E-state index contributed by atoms with van der Waals surface area (Å²) in [4.78, 5) is 2.33. The minimum atomic E-state index is -0.230. The summed E-state index contributed by atoms with van der Waals surface area (Å²) in [7, 11) is 0. The van der Waals surface area contributed by atoms with Crippen LogP contribution in [-0.4, -0.2) is 11.7 Å². The molecule has 0 spiro atoms. The molecule has 0 fully saturated rings. The Hall–Kier alpha value is 0.100. The summed E-state index contributed by atoms with van der Waals surface area (Å²) in [6, 6.07) is 1.76. The number of halogens is 1. The normalized spacial score (nSPS) is 13.3. The van der Waals surface area contributed by atoms with Gasteiger partial charge in [-0.2, -0.15) is 0 Å². The molecule has 68 valence electrons. The first-order valence-electron chi connectivity index (χ1n) is 3.83. The summed E-state index contributed by atoms with van der Waals surface area (Å²) in [5.41, 5.74) is 5.67. The van der Waals surface area contributed by atoms with Crippen LogP contribution in [0.2, 0.25) is 0 Å². The van der Waals surface area contributed by atoms with E-state index in [1.165, 1.54) is 4.88 Å². The number of nitrogens with two attached hydrogens (primary N) is 1. The van der Waals surface area contributed by atoms with E-state index in [1.807, 2.05) is 6.07 Å². The maximum absolute atomic E-state index is 8.83. The molecule has 1 aromatic rings. The third kappa shape index (κ3) is 2.07. The Morgan fingerprint density at radius 1 is 1.75 bits per heavy atom. The van der Waals surface area contributed by atoms with E-state index in [0.717, 1.165) is 15.8 Å². The number of aliphatic hydroxyl groups excluding tert-OH is 1. The number of hydrogen-bond acceptors (Lipinski definition) is 3. The number of aryl methyl sites for hydroxylation is 1. The number of hydrogen-bond donors (Lipinski definition) is 2. The number of thiophene rings is 1. The van der Waals surface area contributed by atoms with E-state index in [4.69, 9.17) is 10.8 Å². The molecule has 0 amide bonds. The van der Waals surface area contributed by atoms with Crippen molar-refractivity contribution in [3.63, 3.8) is 0 Å². The Bertz CT molecular complexity index is 262. The van der Waals surface area contributed by atoms with Gasteiger partial charge in [-0.25, -0.2) is 0 Å². The first-order valence-corrected chi connectivity index (χ1v) is 5.44. The lowest BCUT2D eigenvalue weighted by molar-refractivity contribution is 0.269. The molecule has 0 saturated carbocycles. The van der Waals surface area contributed by atoms with Crippen LogP contribution in [-0.2, 0) is 6.42 Å². The van der Waals surface area contributed by atoms with Gasteiger partial charge in [0, 0.05) is 14.2 Å². The highest BCUT2D eigenvalue weighted by atomic mass is 79.9. The van der Waals surface area contributed by atoms with E-state index < -0.39 is 0 Å². The zero-order valence-electron chi connectivity index (χ0n) is 6.88. The monoisotopic (exact) mass is 249 g/mol. The predicted octanol–water partition coefficient (Wildman–Crippen LogP) is 2.07. The predicted molar refractivity (Wildman–Crippen MR) is 55.4 cm³/mol. The third-order valence-electron chi connectivity index (χ3n) is 1.66. The van der Waals surface area contributed by atoms with Gasteiger partial charge in [0.1, 0.15) is 0 Å². The van der Waals surface area contributed by atoms with Gasteiger partial charge in [-0.05, 0) is 28.4 Å². The van der Waals surface area contributed by atoms with Crippen LogP contribution in [0.25, 0.3) is 0 Å². The SMILES string of the molecule is CCc1sc([C@@H](N)CO)cc1Br. The summed E-state index contributed by atoms with van der Waals surface area (Å²) in [6.45, 7) is 2.11. The Morgan fingerprint density at radius 3 is 2.83 bits per heavy atom. The summed E-state index contributed by atoms with van der Waals surface area (Å²) in [5.74, 6) is 0. The van der Waals surface area contributed by atoms with Gasteiger partial charge < -0.3 is 10.8 Å². The lowest BCUT2D eigenvalue weighted by Gasteiger charge is -2.02. The molecule has 1 aromatic heterocycles. The van der Waals surface area contributed by atoms with E-state index in [-0.39, 0.29) is 12.6 Å². The molecule has 0 aliphatic carbocycles. The fraction of sp³-hybridized carbons (Fsp3) is 0.500. The van der Waals surface area contributed by atoms with Crippen molar-refractivity contribution in [2.45, 2.75) is 19.4 Å². The van der Waals surface area contributed by atoms with E-state index in [0.29, 0.717) is 0 Å². The van der Waals surface area contributed by atoms with Crippen molar-refractivity contribution in [3.8, 4) is 0 Å². The molecule has 0 aromatic carbocycles. The van der Waals surface area contributed by atoms with Gasteiger partial charge in [-0.1, -0.05) is 6.92 Å². The summed E-state index contributed by atoms with van der Waals surface area (Å²) < 4.78 is 1.11. The molecule has 3 N–H and O–H groups in total. The first kappa shape index (κ1) is 10.2. The second-order valence-electron chi connectivity index (χ2n) is 2.56. The van der Waals surface area contributed by atoms with Gasteiger partial charge in [0.05, 0.1) is 12.6 Å². The van der Waals surface area contributed by atoms with Gasteiger partial charge in [-0.3, -0.25) is 0 Å². The van der Waals surface area contributed by atoms with E-state index >= 15 is 0 Å². The Labute approximate surface area is 84.5 Å². The lowest BCUT2D eigenvalue weighted by atomic mass is 10.3. The van der Waals surface area contributed by atoms with Crippen molar-refractivity contribution in [2.24, 2.45) is 5.73 Å². The van der Waals surface area contributed by atoms with E-state index in [1.54, 1.807) is 11.3 Å². The van der Waals surface area contributed by atoms with Crippen LogP contribution in [0.4, 0.5) is 0 Å². The fourth-order valence-electron chi connectivity index (χ4n) is 0.940. The third-order valence-corrected chi connectivity index (χ3v) is 4.04. The molecule has 0 bridgehead atoms. The van der Waals surface area contributed by atoms with Crippen LogP contribution in [0.5, 0.6) is 0 Å². The maximum atomic E-state index is 8.83. The Kier molecular flexibility index (Phi) is 3.71. The summed E-state index contributed by atoms with van der Waals surface area (Å²) >= 11 is 5.11. The van der Waals surface area contributed by atoms with Crippen molar-refractivity contribution in [3.05, 3.63) is 20.3 Å². The van der Waals surface area contributed by atoms with E-state index in [2.05, 4.69) is 22.9 Å². The van der Waals surface area contributed by atoms with Crippen molar-refractivity contribution in [2.75, 3.05) is 6.61 Å². The molecule has 0 saturated heterocycles. The first-order chi connectivity index (χ1) is 5.69. The molecular formula is C8H12BrNOS. The van der Waals surface area contributed by atoms with Crippen LogP contribution in [0.15, 0.2) is 10.5 Å². The minimum absolute atomic E-state index is 0.0100. The fourth-order valence-corrected chi connectivity index (χ4v) is 2.85. The van der Waals surface area contributed by atoms with Crippen LogP contribution in [0, 0.1) is 0 Å². The molecule has 4 heteroatoms. The van der Waals surface area contributed by atoms with Crippen LogP contribution in [0.3, 0.4) is 0 Å². The molecule has 2 nitrogen and oxygen atoms in total. The topological polar surface area (TPSA) is 46.2 Å². The molecule has 1 heterocycles. The highest BCUT2D eigenvalue weighted by Gasteiger charge is 2.10. The maximum Gasteiger partial charge on any atom is 0.0632 e. The van der Waals surface area contributed by atoms with Crippen LogP contribution < -0.4 is 5.73 Å². The quantitative estimate of drug-likeness (QED) is 0.862. The zero-order chi connectivity index (χ0) is 9.14. The molecule has 0 aliphatic rings. The lowest BCUT2D eigenvalue weighted by Crippen LogP contribution is -2.12. The summed E-state index contributed by atoms with van der Waals surface area (Å²) in [5, 5.41) is 8.83. The molecule has 1 atom stereocenters. The zero-order valence-corrected chi connectivity index (χ0v) is 9.28. The Balaban J connectivity index is 2.88. The summed E-state index contributed by atoms with van der Waals surface area (Å²) in [6.07, 6.45) is 1.00. The largest absolute Gasteiger partial charge is 0.394 e. The number of aliphatic hydroxyl groups is 1. The minimum Gasteiger partial charge on any atom is -0.394 e. The van der Waals surface area contributed by atoms with Gasteiger partial charge in [0.15, 0.2) is 0 Å². The van der Waals surface area contributed by atoms with Crippen molar-refractivity contribution in [1.82, 2.24) is 0 Å². The highest BCUT2D eigenvalue weighted by Crippen LogP contribution is 2.30. The second-order valence-corrected chi connectivity index (χ2v) is 4.59. The molecule has 0 unspecified atom stereocenters. The average molecular weight is 250 g/mol. The molecule has 1 rings (SSSR count).